The summed E-state index contributed by atoms with van der Waals surface area (Å²) < 4.78 is 1.77. The number of aryl methyl sites for hydroxylation is 1. The maximum atomic E-state index is 10.6. The van der Waals surface area contributed by atoms with Gasteiger partial charge in [-0.05, 0) is 24.6 Å². The molecule has 15 heavy (non-hydrogen) atoms. The van der Waals surface area contributed by atoms with Gasteiger partial charge in [-0.2, -0.15) is 0 Å². The van der Waals surface area contributed by atoms with Crippen molar-refractivity contribution in [1.29, 1.82) is 0 Å². The van der Waals surface area contributed by atoms with E-state index in [1.165, 1.54) is 0 Å². The van der Waals surface area contributed by atoms with Gasteiger partial charge < -0.3 is 0 Å². The molecule has 1 heterocycles. The zero-order valence-electron chi connectivity index (χ0n) is 8.06. The monoisotopic (exact) mass is 223 g/mol. The molecule has 0 atom stereocenters. The van der Waals surface area contributed by atoms with E-state index in [4.69, 9.17) is 11.6 Å². The van der Waals surface area contributed by atoms with Crippen molar-refractivity contribution < 1.29 is 4.79 Å². The zero-order valence-corrected chi connectivity index (χ0v) is 8.81. The number of nitrogens with zero attached hydrogens (tertiary/aromatic N) is 3. The van der Waals surface area contributed by atoms with E-state index in [0.717, 1.165) is 30.3 Å². The highest BCUT2D eigenvalue weighted by molar-refractivity contribution is 6.17. The molecular formula is C10H10ClN3O. The lowest BCUT2D eigenvalue weighted by atomic mass is 10.2. The molecule has 5 heteroatoms. The fourth-order valence-electron chi connectivity index (χ4n) is 1.43. The van der Waals surface area contributed by atoms with E-state index in [-0.39, 0.29) is 0 Å². The third-order valence-electron chi connectivity index (χ3n) is 2.18. The topological polar surface area (TPSA) is 47.8 Å². The van der Waals surface area contributed by atoms with Gasteiger partial charge in [-0.25, -0.2) is 4.68 Å². The largest absolute Gasteiger partial charge is 0.298 e. The van der Waals surface area contributed by atoms with Crippen molar-refractivity contribution in [3.63, 3.8) is 0 Å². The van der Waals surface area contributed by atoms with Crippen LogP contribution in [0.2, 0.25) is 0 Å². The summed E-state index contributed by atoms with van der Waals surface area (Å²) >= 11 is 5.61. The molecule has 1 aromatic carbocycles. The average molecular weight is 224 g/mol. The molecule has 0 saturated heterocycles. The van der Waals surface area contributed by atoms with Crippen LogP contribution in [0.25, 0.3) is 11.0 Å². The standard InChI is InChI=1S/C10H10ClN3O/c11-4-1-5-14-10-6-8(7-15)2-3-9(10)12-13-14/h2-3,6-7H,1,4-5H2. The molecule has 2 aromatic rings. The van der Waals surface area contributed by atoms with Crippen molar-refractivity contribution in [2.24, 2.45) is 0 Å². The molecule has 0 radical (unpaired) electrons. The number of hydrogen-bond acceptors (Lipinski definition) is 3. The van der Waals surface area contributed by atoms with Crippen LogP contribution in [0.3, 0.4) is 0 Å². The van der Waals surface area contributed by atoms with E-state index in [9.17, 15) is 4.79 Å². The Morgan fingerprint density at radius 2 is 2.33 bits per heavy atom. The number of aromatic nitrogens is 3. The van der Waals surface area contributed by atoms with Crippen molar-refractivity contribution in [3.05, 3.63) is 23.8 Å². The summed E-state index contributed by atoms with van der Waals surface area (Å²) in [6, 6.07) is 5.32. The Labute approximate surface area is 91.8 Å². The SMILES string of the molecule is O=Cc1ccc2nnn(CCCCl)c2c1. The first-order valence-electron chi connectivity index (χ1n) is 4.69. The van der Waals surface area contributed by atoms with Gasteiger partial charge in [-0.1, -0.05) is 5.21 Å². The van der Waals surface area contributed by atoms with Crippen LogP contribution >= 0.6 is 11.6 Å². The van der Waals surface area contributed by atoms with Gasteiger partial charge in [0.1, 0.15) is 11.8 Å². The second-order valence-electron chi connectivity index (χ2n) is 3.22. The predicted octanol–water partition coefficient (Wildman–Crippen LogP) is 1.87. The Bertz CT molecular complexity index is 480. The number of aldehydes is 1. The Morgan fingerprint density at radius 1 is 1.47 bits per heavy atom. The minimum atomic E-state index is 0.592. The second-order valence-corrected chi connectivity index (χ2v) is 3.60. The number of carbonyl (C=O) groups excluding carboxylic acids is 1. The summed E-state index contributed by atoms with van der Waals surface area (Å²) in [5.41, 5.74) is 2.32. The molecule has 1 aromatic heterocycles. The van der Waals surface area contributed by atoms with Crippen LogP contribution < -0.4 is 0 Å². The molecule has 0 aliphatic carbocycles. The lowest BCUT2D eigenvalue weighted by Crippen LogP contribution is -2.00. The van der Waals surface area contributed by atoms with E-state index in [2.05, 4.69) is 10.3 Å². The van der Waals surface area contributed by atoms with Crippen LogP contribution in [-0.2, 0) is 6.54 Å². The maximum Gasteiger partial charge on any atom is 0.150 e. The van der Waals surface area contributed by atoms with Crippen LogP contribution in [0.5, 0.6) is 0 Å². The van der Waals surface area contributed by atoms with Crippen molar-refractivity contribution in [3.8, 4) is 0 Å². The molecule has 0 aliphatic heterocycles. The first-order chi connectivity index (χ1) is 7.35. The summed E-state index contributed by atoms with van der Waals surface area (Å²) in [6.45, 7) is 0.725. The van der Waals surface area contributed by atoms with E-state index in [1.807, 2.05) is 0 Å². The predicted molar refractivity (Wildman–Crippen MR) is 58.3 cm³/mol. The first kappa shape index (κ1) is 10.1. The summed E-state index contributed by atoms with van der Waals surface area (Å²) in [5, 5.41) is 8.00. The number of fused-ring (bicyclic) bond motifs is 1. The van der Waals surface area contributed by atoms with E-state index in [0.29, 0.717) is 11.4 Å². The molecule has 2 rings (SSSR count). The Kier molecular flexibility index (Phi) is 2.97. The second kappa shape index (κ2) is 4.40. The number of carbonyl (C=O) groups is 1. The van der Waals surface area contributed by atoms with Crippen molar-refractivity contribution in [2.45, 2.75) is 13.0 Å². The summed E-state index contributed by atoms with van der Waals surface area (Å²) in [7, 11) is 0. The van der Waals surface area contributed by atoms with Crippen LogP contribution in [0.15, 0.2) is 18.2 Å². The molecule has 0 aliphatic rings. The minimum absolute atomic E-state index is 0.592. The average Bonchev–Trinajstić information content (AvgIpc) is 2.68. The van der Waals surface area contributed by atoms with Gasteiger partial charge in [0, 0.05) is 18.0 Å². The van der Waals surface area contributed by atoms with Gasteiger partial charge in [-0.15, -0.1) is 16.7 Å². The Morgan fingerprint density at radius 3 is 3.07 bits per heavy atom. The molecule has 0 unspecified atom stereocenters. The number of benzene rings is 1. The zero-order chi connectivity index (χ0) is 10.7. The van der Waals surface area contributed by atoms with Crippen molar-refractivity contribution >= 4 is 28.9 Å². The molecule has 0 amide bonds. The molecule has 0 bridgehead atoms. The molecule has 78 valence electrons. The van der Waals surface area contributed by atoms with Crippen molar-refractivity contribution in [2.75, 3.05) is 5.88 Å². The molecule has 0 fully saturated rings. The highest BCUT2D eigenvalue weighted by Crippen LogP contribution is 2.12. The number of alkyl halides is 1. The Balaban J connectivity index is 2.42. The summed E-state index contributed by atoms with van der Waals surface area (Å²) in [4.78, 5) is 10.6. The minimum Gasteiger partial charge on any atom is -0.298 e. The third kappa shape index (κ3) is 1.99. The third-order valence-corrected chi connectivity index (χ3v) is 2.44. The molecule has 0 N–H and O–H groups in total. The first-order valence-corrected chi connectivity index (χ1v) is 5.23. The maximum absolute atomic E-state index is 10.6. The van der Waals surface area contributed by atoms with Crippen LogP contribution in [0, 0.1) is 0 Å². The number of hydrogen-bond donors (Lipinski definition) is 0. The van der Waals surface area contributed by atoms with E-state index < -0.39 is 0 Å². The normalized spacial score (nSPS) is 10.7. The van der Waals surface area contributed by atoms with Gasteiger partial charge in [0.15, 0.2) is 0 Å². The van der Waals surface area contributed by atoms with Crippen LogP contribution in [-0.4, -0.2) is 27.2 Å². The number of halogens is 1. The lowest BCUT2D eigenvalue weighted by molar-refractivity contribution is 0.112. The fourth-order valence-corrected chi connectivity index (χ4v) is 1.55. The van der Waals surface area contributed by atoms with Gasteiger partial charge in [0.25, 0.3) is 0 Å². The molecule has 0 spiro atoms. The fraction of sp³-hybridized carbons (Fsp3) is 0.300. The van der Waals surface area contributed by atoms with E-state index >= 15 is 0 Å². The molecule has 4 nitrogen and oxygen atoms in total. The quantitative estimate of drug-likeness (QED) is 0.587. The molecular weight excluding hydrogens is 214 g/mol. The van der Waals surface area contributed by atoms with Crippen LogP contribution in [0.4, 0.5) is 0 Å². The highest BCUT2D eigenvalue weighted by atomic mass is 35.5. The van der Waals surface area contributed by atoms with Gasteiger partial charge in [0.05, 0.1) is 5.52 Å². The summed E-state index contributed by atoms with van der Waals surface area (Å²) in [5.74, 6) is 0.592. The van der Waals surface area contributed by atoms with Crippen molar-refractivity contribution in [1.82, 2.24) is 15.0 Å². The Hall–Kier alpha value is -1.42. The van der Waals surface area contributed by atoms with Gasteiger partial charge >= 0.3 is 0 Å². The number of rotatable bonds is 4. The van der Waals surface area contributed by atoms with E-state index in [1.54, 1.807) is 22.9 Å². The highest BCUT2D eigenvalue weighted by Gasteiger charge is 2.04. The molecule has 0 saturated carbocycles. The van der Waals surface area contributed by atoms with Gasteiger partial charge in [0.2, 0.25) is 0 Å². The van der Waals surface area contributed by atoms with Gasteiger partial charge in [-0.3, -0.25) is 4.79 Å². The van der Waals surface area contributed by atoms with Crippen LogP contribution in [0.1, 0.15) is 16.8 Å². The lowest BCUT2D eigenvalue weighted by Gasteiger charge is -1.99. The smallest absolute Gasteiger partial charge is 0.150 e. The summed E-state index contributed by atoms with van der Waals surface area (Å²) in [6.07, 6.45) is 1.66.